The highest BCUT2D eigenvalue weighted by Gasteiger charge is 2.44. The molecule has 1 aliphatic carbocycles. The number of aromatic amines is 1. The lowest BCUT2D eigenvalue weighted by atomic mass is 9.84. The van der Waals surface area contributed by atoms with Crippen molar-refractivity contribution in [2.75, 3.05) is 19.6 Å². The molecule has 3 atom stereocenters. The van der Waals surface area contributed by atoms with Crippen LogP contribution < -0.4 is 5.56 Å². The van der Waals surface area contributed by atoms with E-state index in [1.807, 2.05) is 11.0 Å². The van der Waals surface area contributed by atoms with Gasteiger partial charge in [0.25, 0.3) is 11.5 Å². The zero-order valence-corrected chi connectivity index (χ0v) is 15.6. The van der Waals surface area contributed by atoms with Crippen molar-refractivity contribution >= 4 is 11.8 Å². The molecule has 2 amide bonds. The highest BCUT2D eigenvalue weighted by Crippen LogP contribution is 2.32. The number of aryl methyl sites for hydroxylation is 1. The van der Waals surface area contributed by atoms with Crippen LogP contribution in [0.4, 0.5) is 0 Å². The molecule has 0 radical (unpaired) electrons. The Morgan fingerprint density at radius 2 is 2.08 bits per heavy atom. The van der Waals surface area contributed by atoms with E-state index in [1.54, 1.807) is 11.8 Å². The molecule has 1 N–H and O–H groups in total. The number of carbonyl (C=O) groups excluding carboxylic acids is 2. The number of nitrogens with one attached hydrogen (secondary N) is 1. The first-order valence-electron chi connectivity index (χ1n) is 9.79. The summed E-state index contributed by atoms with van der Waals surface area (Å²) < 4.78 is 0. The summed E-state index contributed by atoms with van der Waals surface area (Å²) in [5.41, 5.74) is 2.10. The van der Waals surface area contributed by atoms with Crippen molar-refractivity contribution in [3.63, 3.8) is 0 Å². The zero-order valence-electron chi connectivity index (χ0n) is 15.6. The predicted molar refractivity (Wildman–Crippen MR) is 98.1 cm³/mol. The van der Waals surface area contributed by atoms with Crippen LogP contribution in [0.3, 0.4) is 0 Å². The Labute approximate surface area is 153 Å². The van der Waals surface area contributed by atoms with Crippen LogP contribution in [0.25, 0.3) is 0 Å². The molecule has 0 spiro atoms. The van der Waals surface area contributed by atoms with Crippen molar-refractivity contribution in [3.8, 4) is 0 Å². The number of pyridine rings is 1. The second-order valence-electron chi connectivity index (χ2n) is 8.07. The number of hydrogen-bond acceptors (Lipinski definition) is 3. The smallest absolute Gasteiger partial charge is 0.261 e. The van der Waals surface area contributed by atoms with Gasteiger partial charge in [-0.1, -0.05) is 13.3 Å². The third-order valence-electron chi connectivity index (χ3n) is 6.57. The number of H-pyrrole nitrogens is 1. The van der Waals surface area contributed by atoms with E-state index >= 15 is 0 Å². The number of likely N-dealkylation sites (tertiary alicyclic amines) is 2. The molecule has 140 valence electrons. The molecule has 2 aliphatic heterocycles. The summed E-state index contributed by atoms with van der Waals surface area (Å²) in [6.45, 7) is 5.74. The first kappa shape index (κ1) is 17.3. The van der Waals surface area contributed by atoms with Crippen LogP contribution in [0.15, 0.2) is 10.9 Å². The Balaban J connectivity index is 1.56. The summed E-state index contributed by atoms with van der Waals surface area (Å²) in [6, 6.07) is 1.94. The molecule has 3 aliphatic rings. The van der Waals surface area contributed by atoms with Gasteiger partial charge in [0, 0.05) is 38.2 Å². The Morgan fingerprint density at radius 3 is 2.81 bits per heavy atom. The molecule has 4 rings (SSSR count). The predicted octanol–water partition coefficient (Wildman–Crippen LogP) is 1.58. The maximum absolute atomic E-state index is 13.0. The van der Waals surface area contributed by atoms with E-state index in [0.29, 0.717) is 24.9 Å². The van der Waals surface area contributed by atoms with Crippen molar-refractivity contribution in [3.05, 3.63) is 33.2 Å². The summed E-state index contributed by atoms with van der Waals surface area (Å²) in [7, 11) is 0. The van der Waals surface area contributed by atoms with E-state index < -0.39 is 0 Å². The number of rotatable bonds is 2. The number of amides is 2. The summed E-state index contributed by atoms with van der Waals surface area (Å²) >= 11 is 0. The summed E-state index contributed by atoms with van der Waals surface area (Å²) in [4.78, 5) is 43.9. The highest BCUT2D eigenvalue weighted by atomic mass is 16.2. The van der Waals surface area contributed by atoms with Crippen LogP contribution in [0.1, 0.15) is 54.7 Å². The van der Waals surface area contributed by atoms with Gasteiger partial charge < -0.3 is 14.8 Å². The summed E-state index contributed by atoms with van der Waals surface area (Å²) in [5, 5.41) is 0. The van der Waals surface area contributed by atoms with Crippen molar-refractivity contribution in [2.45, 2.75) is 52.0 Å². The Bertz CT molecular complexity index is 800. The fourth-order valence-electron chi connectivity index (χ4n) is 4.97. The van der Waals surface area contributed by atoms with Gasteiger partial charge in [0.15, 0.2) is 0 Å². The third-order valence-corrected chi connectivity index (χ3v) is 6.57. The normalized spacial score (nSPS) is 27.4. The topological polar surface area (TPSA) is 73.5 Å². The maximum atomic E-state index is 13.0. The molecule has 0 aromatic carbocycles. The SMILES string of the molecule is CCC1CCc2[nH]c(=O)c(C(=O)N3C[C@@H]4CCN(C(C)=O)[C@@H]4C3)cc2C1. The van der Waals surface area contributed by atoms with Crippen molar-refractivity contribution in [2.24, 2.45) is 11.8 Å². The van der Waals surface area contributed by atoms with E-state index in [9.17, 15) is 14.4 Å². The van der Waals surface area contributed by atoms with E-state index in [-0.39, 0.29) is 29.0 Å². The second kappa shape index (κ2) is 6.56. The molecule has 6 heteroatoms. The number of nitrogens with zero attached hydrogens (tertiary/aromatic N) is 2. The van der Waals surface area contributed by atoms with Crippen LogP contribution in [-0.4, -0.2) is 52.3 Å². The molecule has 1 aromatic rings. The molecule has 3 heterocycles. The minimum absolute atomic E-state index is 0.0732. The van der Waals surface area contributed by atoms with Crippen molar-refractivity contribution < 1.29 is 9.59 Å². The first-order chi connectivity index (χ1) is 12.5. The van der Waals surface area contributed by atoms with Crippen molar-refractivity contribution in [1.29, 1.82) is 0 Å². The quantitative estimate of drug-likeness (QED) is 0.873. The largest absolute Gasteiger partial charge is 0.338 e. The molecule has 0 bridgehead atoms. The molecule has 1 aromatic heterocycles. The third kappa shape index (κ3) is 2.85. The van der Waals surface area contributed by atoms with Gasteiger partial charge in [0.1, 0.15) is 5.56 Å². The van der Waals surface area contributed by atoms with Gasteiger partial charge in [-0.15, -0.1) is 0 Å². The van der Waals surface area contributed by atoms with E-state index in [0.717, 1.165) is 49.9 Å². The van der Waals surface area contributed by atoms with Crippen molar-refractivity contribution in [1.82, 2.24) is 14.8 Å². The van der Waals surface area contributed by atoms with Crippen LogP contribution in [-0.2, 0) is 17.6 Å². The summed E-state index contributed by atoms with van der Waals surface area (Å²) in [6.07, 6.45) is 4.99. The Kier molecular flexibility index (Phi) is 4.37. The number of hydrogen-bond donors (Lipinski definition) is 1. The average Bonchev–Trinajstić information content (AvgIpc) is 3.20. The van der Waals surface area contributed by atoms with Crippen LogP contribution in [0, 0.1) is 11.8 Å². The summed E-state index contributed by atoms with van der Waals surface area (Å²) in [5.74, 6) is 0.852. The molecule has 1 unspecified atom stereocenters. The van der Waals surface area contributed by atoms with E-state index in [4.69, 9.17) is 0 Å². The van der Waals surface area contributed by atoms with Gasteiger partial charge in [-0.3, -0.25) is 14.4 Å². The number of carbonyl (C=O) groups is 2. The molecular weight excluding hydrogens is 330 g/mol. The molecule has 26 heavy (non-hydrogen) atoms. The molecule has 2 fully saturated rings. The molecule has 0 saturated carbocycles. The van der Waals surface area contributed by atoms with E-state index in [1.165, 1.54) is 0 Å². The maximum Gasteiger partial charge on any atom is 0.261 e. The second-order valence-corrected chi connectivity index (χ2v) is 8.07. The molecule has 6 nitrogen and oxygen atoms in total. The van der Waals surface area contributed by atoms with E-state index in [2.05, 4.69) is 11.9 Å². The van der Waals surface area contributed by atoms with Gasteiger partial charge in [-0.2, -0.15) is 0 Å². The van der Waals surface area contributed by atoms with Gasteiger partial charge in [-0.05, 0) is 43.2 Å². The fraction of sp³-hybridized carbons (Fsp3) is 0.650. The van der Waals surface area contributed by atoms with Gasteiger partial charge >= 0.3 is 0 Å². The standard InChI is InChI=1S/C20H27N3O3/c1-3-13-4-5-17-15(8-13)9-16(19(25)21-17)20(26)22-10-14-6-7-23(12(2)24)18(14)11-22/h9,13-14,18H,3-8,10-11H2,1-2H3,(H,21,25)/t13?,14-,18+/m0/s1. The monoisotopic (exact) mass is 357 g/mol. The van der Waals surface area contributed by atoms with Crippen LogP contribution in [0.5, 0.6) is 0 Å². The Hall–Kier alpha value is -2.11. The first-order valence-corrected chi connectivity index (χ1v) is 9.79. The van der Waals surface area contributed by atoms with Gasteiger partial charge in [0.05, 0.1) is 6.04 Å². The Morgan fingerprint density at radius 1 is 1.27 bits per heavy atom. The number of aromatic nitrogens is 1. The lowest BCUT2D eigenvalue weighted by Crippen LogP contribution is -2.40. The molecule has 2 saturated heterocycles. The fourth-order valence-corrected chi connectivity index (χ4v) is 4.97. The van der Waals surface area contributed by atoms with Gasteiger partial charge in [0.2, 0.25) is 5.91 Å². The average molecular weight is 357 g/mol. The zero-order chi connectivity index (χ0) is 18.4. The lowest BCUT2D eigenvalue weighted by Gasteiger charge is -2.25. The highest BCUT2D eigenvalue weighted by molar-refractivity contribution is 5.94. The number of fused-ring (bicyclic) bond motifs is 2. The minimum atomic E-state index is -0.274. The van der Waals surface area contributed by atoms with Crippen LogP contribution >= 0.6 is 0 Å². The lowest BCUT2D eigenvalue weighted by molar-refractivity contribution is -0.129. The molecular formula is C20H27N3O3. The van der Waals surface area contributed by atoms with Crippen LogP contribution in [0.2, 0.25) is 0 Å². The minimum Gasteiger partial charge on any atom is -0.338 e. The van der Waals surface area contributed by atoms with Gasteiger partial charge in [-0.25, -0.2) is 0 Å².